The van der Waals surface area contributed by atoms with Crippen LogP contribution in [0.5, 0.6) is 0 Å². The summed E-state index contributed by atoms with van der Waals surface area (Å²) in [6, 6.07) is 9.16. The molecule has 0 unspecified atom stereocenters. The SMILES string of the molecule is CN(C)S(=O)(=O)c1cccc(S(=O)(=O)N(C)Cc2cccc(C(F)(F)F)c2)c1. The molecule has 28 heavy (non-hydrogen) atoms. The molecule has 0 atom stereocenters. The smallest absolute Gasteiger partial charge is 0.207 e. The first-order valence-electron chi connectivity index (χ1n) is 7.91. The third-order valence-electron chi connectivity index (χ3n) is 3.95. The molecule has 2 aromatic rings. The second-order valence-electron chi connectivity index (χ2n) is 6.22. The predicted molar refractivity (Wildman–Crippen MR) is 97.4 cm³/mol. The van der Waals surface area contributed by atoms with E-state index in [-0.39, 0.29) is 21.9 Å². The molecular formula is C17H19F3N2O4S2. The summed E-state index contributed by atoms with van der Waals surface area (Å²) >= 11 is 0. The Morgan fingerprint density at radius 2 is 1.36 bits per heavy atom. The molecule has 0 aromatic heterocycles. The van der Waals surface area contributed by atoms with Crippen molar-refractivity contribution < 1.29 is 30.0 Å². The summed E-state index contributed by atoms with van der Waals surface area (Å²) in [5, 5.41) is 0. The zero-order valence-corrected chi connectivity index (χ0v) is 16.9. The molecule has 0 aliphatic carbocycles. The molecule has 2 aromatic carbocycles. The van der Waals surface area contributed by atoms with Gasteiger partial charge in [0.05, 0.1) is 15.4 Å². The molecule has 0 spiro atoms. The maximum atomic E-state index is 12.8. The Kier molecular flexibility index (Phi) is 6.24. The maximum Gasteiger partial charge on any atom is 0.416 e. The van der Waals surface area contributed by atoms with Crippen molar-refractivity contribution in [1.82, 2.24) is 8.61 Å². The number of hydrogen-bond donors (Lipinski definition) is 0. The molecule has 0 radical (unpaired) electrons. The number of benzene rings is 2. The summed E-state index contributed by atoms with van der Waals surface area (Å²) in [5.41, 5.74) is -0.729. The quantitative estimate of drug-likeness (QED) is 0.698. The van der Waals surface area contributed by atoms with Crippen molar-refractivity contribution in [3.63, 3.8) is 0 Å². The van der Waals surface area contributed by atoms with E-state index in [0.29, 0.717) is 0 Å². The monoisotopic (exact) mass is 436 g/mol. The van der Waals surface area contributed by atoms with E-state index >= 15 is 0 Å². The van der Waals surface area contributed by atoms with Gasteiger partial charge in [-0.05, 0) is 29.8 Å². The van der Waals surface area contributed by atoms with Crippen LogP contribution < -0.4 is 0 Å². The van der Waals surface area contributed by atoms with E-state index in [1.54, 1.807) is 0 Å². The third kappa shape index (κ3) is 4.72. The summed E-state index contributed by atoms with van der Waals surface area (Å²) in [6.07, 6.45) is -4.54. The molecule has 11 heteroatoms. The van der Waals surface area contributed by atoms with Crippen molar-refractivity contribution in [3.8, 4) is 0 Å². The lowest BCUT2D eigenvalue weighted by Gasteiger charge is -2.19. The summed E-state index contributed by atoms with van der Waals surface area (Å²) in [5.74, 6) is 0. The molecule has 154 valence electrons. The van der Waals surface area contributed by atoms with Crippen LogP contribution in [0.25, 0.3) is 0 Å². The Morgan fingerprint density at radius 1 is 0.821 bits per heavy atom. The van der Waals surface area contributed by atoms with Crippen LogP contribution in [-0.2, 0) is 32.8 Å². The van der Waals surface area contributed by atoms with Crippen LogP contribution in [0.1, 0.15) is 11.1 Å². The molecular weight excluding hydrogens is 417 g/mol. The van der Waals surface area contributed by atoms with Crippen molar-refractivity contribution in [2.24, 2.45) is 0 Å². The van der Waals surface area contributed by atoms with Crippen LogP contribution >= 0.6 is 0 Å². The van der Waals surface area contributed by atoms with Gasteiger partial charge in [0, 0.05) is 27.7 Å². The summed E-state index contributed by atoms with van der Waals surface area (Å²) in [4.78, 5) is -0.476. The minimum absolute atomic E-state index is 0.151. The molecule has 0 saturated heterocycles. The van der Waals surface area contributed by atoms with Crippen molar-refractivity contribution in [3.05, 3.63) is 59.7 Å². The lowest BCUT2D eigenvalue weighted by Crippen LogP contribution is -2.27. The average molecular weight is 436 g/mol. The van der Waals surface area contributed by atoms with Crippen molar-refractivity contribution in [1.29, 1.82) is 0 Å². The standard InChI is InChI=1S/C17H19F3N2O4S2/c1-21(2)27(23,24)15-8-5-9-16(11-15)28(25,26)22(3)12-13-6-4-7-14(10-13)17(18,19)20/h4-11H,12H2,1-3H3. The van der Waals surface area contributed by atoms with Gasteiger partial charge >= 0.3 is 6.18 Å². The molecule has 0 heterocycles. The minimum atomic E-state index is -4.54. The van der Waals surface area contributed by atoms with Gasteiger partial charge in [-0.15, -0.1) is 0 Å². The Balaban J connectivity index is 2.35. The van der Waals surface area contributed by atoms with Crippen molar-refractivity contribution in [2.75, 3.05) is 21.1 Å². The van der Waals surface area contributed by atoms with Gasteiger partial charge in [0.1, 0.15) is 0 Å². The fraction of sp³-hybridized carbons (Fsp3) is 0.294. The Labute approximate surface area is 162 Å². The molecule has 0 aliphatic rings. The first-order valence-corrected chi connectivity index (χ1v) is 10.8. The van der Waals surface area contributed by atoms with Crippen LogP contribution in [0.2, 0.25) is 0 Å². The summed E-state index contributed by atoms with van der Waals surface area (Å²) in [6.45, 7) is -0.309. The lowest BCUT2D eigenvalue weighted by atomic mass is 10.1. The molecule has 0 N–H and O–H groups in total. The molecule has 6 nitrogen and oxygen atoms in total. The lowest BCUT2D eigenvalue weighted by molar-refractivity contribution is -0.137. The minimum Gasteiger partial charge on any atom is -0.207 e. The largest absolute Gasteiger partial charge is 0.416 e. The van der Waals surface area contributed by atoms with Crippen LogP contribution in [0.4, 0.5) is 13.2 Å². The predicted octanol–water partition coefficient (Wildman–Crippen LogP) is 2.78. The summed E-state index contributed by atoms with van der Waals surface area (Å²) in [7, 11) is -4.12. The van der Waals surface area contributed by atoms with Crippen molar-refractivity contribution in [2.45, 2.75) is 22.5 Å². The third-order valence-corrected chi connectivity index (χ3v) is 7.56. The molecule has 0 fully saturated rings. The van der Waals surface area contributed by atoms with Crippen LogP contribution in [0.3, 0.4) is 0 Å². The van der Waals surface area contributed by atoms with E-state index in [4.69, 9.17) is 0 Å². The Hall–Kier alpha value is -1.95. The Bertz CT molecular complexity index is 1070. The molecule has 2 rings (SSSR count). The molecule has 0 amide bonds. The number of alkyl halides is 3. The normalized spacial score (nSPS) is 13.3. The zero-order valence-electron chi connectivity index (χ0n) is 15.3. The van der Waals surface area contributed by atoms with Crippen molar-refractivity contribution >= 4 is 20.0 Å². The topological polar surface area (TPSA) is 74.8 Å². The van der Waals surface area contributed by atoms with Crippen LogP contribution in [0, 0.1) is 0 Å². The van der Waals surface area contributed by atoms with Gasteiger partial charge in [-0.2, -0.15) is 17.5 Å². The van der Waals surface area contributed by atoms with Crippen LogP contribution in [0.15, 0.2) is 58.3 Å². The Morgan fingerprint density at radius 3 is 1.89 bits per heavy atom. The first kappa shape index (κ1) is 22.3. The van der Waals surface area contributed by atoms with Gasteiger partial charge in [-0.25, -0.2) is 21.1 Å². The summed E-state index contributed by atoms with van der Waals surface area (Å²) < 4.78 is 90.3. The number of halogens is 3. The van der Waals surface area contributed by atoms with E-state index in [9.17, 15) is 30.0 Å². The van der Waals surface area contributed by atoms with Crippen LogP contribution in [-0.4, -0.2) is 46.6 Å². The van der Waals surface area contributed by atoms with E-state index in [1.807, 2.05) is 0 Å². The molecule has 0 bridgehead atoms. The number of rotatable bonds is 6. The van der Waals surface area contributed by atoms with Gasteiger partial charge < -0.3 is 0 Å². The highest BCUT2D eigenvalue weighted by Gasteiger charge is 2.31. The number of hydrogen-bond acceptors (Lipinski definition) is 4. The van der Waals surface area contributed by atoms with E-state index < -0.39 is 31.8 Å². The fourth-order valence-corrected chi connectivity index (χ4v) is 4.60. The van der Waals surface area contributed by atoms with Gasteiger partial charge in [0.25, 0.3) is 0 Å². The highest BCUT2D eigenvalue weighted by Crippen LogP contribution is 2.30. The molecule has 0 saturated carbocycles. The second-order valence-corrected chi connectivity index (χ2v) is 10.4. The van der Waals surface area contributed by atoms with E-state index in [0.717, 1.165) is 26.8 Å². The van der Waals surface area contributed by atoms with E-state index in [1.165, 1.54) is 51.5 Å². The highest BCUT2D eigenvalue weighted by molar-refractivity contribution is 7.90. The zero-order chi connectivity index (χ0) is 21.3. The number of nitrogens with zero attached hydrogens (tertiary/aromatic N) is 2. The molecule has 0 aliphatic heterocycles. The number of sulfonamides is 2. The maximum absolute atomic E-state index is 12.8. The fourth-order valence-electron chi connectivity index (χ4n) is 2.37. The van der Waals surface area contributed by atoms with Gasteiger partial charge in [-0.3, -0.25) is 0 Å². The first-order chi connectivity index (χ1) is 12.8. The van der Waals surface area contributed by atoms with Gasteiger partial charge in [0.2, 0.25) is 20.0 Å². The highest BCUT2D eigenvalue weighted by atomic mass is 32.2. The van der Waals surface area contributed by atoms with Gasteiger partial charge in [0.15, 0.2) is 0 Å². The van der Waals surface area contributed by atoms with Gasteiger partial charge in [-0.1, -0.05) is 24.3 Å². The second kappa shape index (κ2) is 7.82. The average Bonchev–Trinajstić information content (AvgIpc) is 2.61. The van der Waals surface area contributed by atoms with E-state index in [2.05, 4.69) is 0 Å².